The van der Waals surface area contributed by atoms with Crippen molar-refractivity contribution in [2.75, 3.05) is 32.7 Å². The van der Waals surface area contributed by atoms with Gasteiger partial charge in [0.15, 0.2) is 0 Å². The van der Waals surface area contributed by atoms with E-state index in [-0.39, 0.29) is 18.2 Å². The molecule has 7 nitrogen and oxygen atoms in total. The predicted molar refractivity (Wildman–Crippen MR) is 81.9 cm³/mol. The molecule has 0 saturated carbocycles. The van der Waals surface area contributed by atoms with E-state index in [0.717, 1.165) is 51.9 Å². The topological polar surface area (TPSA) is 95.7 Å². The summed E-state index contributed by atoms with van der Waals surface area (Å²) in [5.41, 5.74) is 4.90. The molecule has 2 rings (SSSR count). The molecule has 2 heterocycles. The number of hydrogen-bond donors (Lipinski definition) is 2. The van der Waals surface area contributed by atoms with E-state index in [1.165, 1.54) is 6.42 Å². The molecule has 124 valence electrons. The van der Waals surface area contributed by atoms with Gasteiger partial charge in [-0.2, -0.15) is 0 Å². The Bertz CT molecular complexity index is 413. The quantitative estimate of drug-likeness (QED) is 0.780. The molecule has 2 aliphatic rings. The average Bonchev–Trinajstić information content (AvgIpc) is 2.53. The molecule has 2 saturated heterocycles. The number of carbonyl (C=O) groups excluding carboxylic acids is 3. The summed E-state index contributed by atoms with van der Waals surface area (Å²) in [7, 11) is 0. The van der Waals surface area contributed by atoms with E-state index < -0.39 is 6.03 Å². The second-order valence-corrected chi connectivity index (χ2v) is 6.16. The van der Waals surface area contributed by atoms with Crippen LogP contribution in [0.15, 0.2) is 0 Å². The summed E-state index contributed by atoms with van der Waals surface area (Å²) in [5, 5.41) is 2.06. The lowest BCUT2D eigenvalue weighted by atomic mass is 9.94. The van der Waals surface area contributed by atoms with Gasteiger partial charge in [-0.3, -0.25) is 14.9 Å². The number of carbonyl (C=O) groups is 3. The molecule has 3 N–H and O–H groups in total. The maximum atomic E-state index is 12.4. The van der Waals surface area contributed by atoms with Crippen molar-refractivity contribution in [2.24, 2.45) is 11.7 Å². The van der Waals surface area contributed by atoms with E-state index in [1.54, 1.807) is 0 Å². The van der Waals surface area contributed by atoms with Crippen LogP contribution < -0.4 is 11.1 Å². The number of amides is 4. The molecule has 0 aliphatic carbocycles. The molecule has 2 fully saturated rings. The van der Waals surface area contributed by atoms with Crippen molar-refractivity contribution < 1.29 is 14.4 Å². The minimum absolute atomic E-state index is 0.133. The van der Waals surface area contributed by atoms with E-state index in [1.807, 2.05) is 4.90 Å². The van der Waals surface area contributed by atoms with E-state index in [9.17, 15) is 14.4 Å². The van der Waals surface area contributed by atoms with Crippen LogP contribution in [0.3, 0.4) is 0 Å². The number of piperidine rings is 2. The fourth-order valence-corrected chi connectivity index (χ4v) is 3.24. The van der Waals surface area contributed by atoms with E-state index >= 15 is 0 Å². The fraction of sp³-hybridized carbons (Fsp3) is 0.800. The summed E-state index contributed by atoms with van der Waals surface area (Å²) in [5.74, 6) is 0.0960. The number of imide groups is 1. The number of urea groups is 1. The molecular weight excluding hydrogens is 284 g/mol. The van der Waals surface area contributed by atoms with Crippen LogP contribution in [0.4, 0.5) is 4.79 Å². The van der Waals surface area contributed by atoms with Gasteiger partial charge in [-0.05, 0) is 45.2 Å². The minimum atomic E-state index is -0.809. The van der Waals surface area contributed by atoms with Crippen molar-refractivity contribution >= 4 is 17.8 Å². The Kier molecular flexibility index (Phi) is 6.18. The van der Waals surface area contributed by atoms with Gasteiger partial charge in [0.05, 0.1) is 0 Å². The highest BCUT2D eigenvalue weighted by Crippen LogP contribution is 2.21. The SMILES string of the molecule is NC(=O)NC(=O)CCN1CCC(C(=O)N2CCCCC2)CC1. The fourth-order valence-electron chi connectivity index (χ4n) is 3.24. The molecule has 0 aromatic carbocycles. The van der Waals surface area contributed by atoms with Gasteiger partial charge in [0.2, 0.25) is 11.8 Å². The third kappa shape index (κ3) is 4.98. The number of nitrogens with one attached hydrogen (secondary N) is 1. The average molecular weight is 310 g/mol. The zero-order chi connectivity index (χ0) is 15.9. The van der Waals surface area contributed by atoms with Crippen molar-refractivity contribution in [3.8, 4) is 0 Å². The highest BCUT2D eigenvalue weighted by atomic mass is 16.2. The molecule has 0 bridgehead atoms. The van der Waals surface area contributed by atoms with Gasteiger partial charge in [-0.25, -0.2) is 4.79 Å². The lowest BCUT2D eigenvalue weighted by Gasteiger charge is -2.35. The third-order valence-electron chi connectivity index (χ3n) is 4.52. The summed E-state index contributed by atoms with van der Waals surface area (Å²) in [6.45, 7) is 4.07. The molecule has 4 amide bonds. The van der Waals surface area contributed by atoms with Gasteiger partial charge in [0, 0.05) is 32.0 Å². The van der Waals surface area contributed by atoms with Crippen molar-refractivity contribution in [3.63, 3.8) is 0 Å². The molecule has 0 atom stereocenters. The lowest BCUT2D eigenvalue weighted by molar-refractivity contribution is -0.138. The first kappa shape index (κ1) is 16.7. The molecule has 0 spiro atoms. The van der Waals surface area contributed by atoms with Crippen molar-refractivity contribution in [2.45, 2.75) is 38.5 Å². The smallest absolute Gasteiger partial charge is 0.318 e. The molecule has 0 unspecified atom stereocenters. The molecule has 0 aromatic heterocycles. The normalized spacial score (nSPS) is 20.6. The number of nitrogens with zero attached hydrogens (tertiary/aromatic N) is 2. The summed E-state index contributed by atoms with van der Waals surface area (Å²) in [6.07, 6.45) is 5.45. The van der Waals surface area contributed by atoms with Crippen LogP contribution in [0.2, 0.25) is 0 Å². The molecule has 0 radical (unpaired) electrons. The van der Waals surface area contributed by atoms with Gasteiger partial charge in [0.1, 0.15) is 0 Å². The first-order valence-corrected chi connectivity index (χ1v) is 8.16. The van der Waals surface area contributed by atoms with Gasteiger partial charge >= 0.3 is 6.03 Å². The molecule has 7 heteroatoms. The second kappa shape index (κ2) is 8.12. The Labute approximate surface area is 131 Å². The minimum Gasteiger partial charge on any atom is -0.351 e. The Morgan fingerprint density at radius 3 is 2.23 bits per heavy atom. The number of primary amides is 1. The number of likely N-dealkylation sites (tertiary alicyclic amines) is 2. The first-order chi connectivity index (χ1) is 10.6. The van der Waals surface area contributed by atoms with Crippen LogP contribution in [0.5, 0.6) is 0 Å². The lowest BCUT2D eigenvalue weighted by Crippen LogP contribution is -2.45. The highest BCUT2D eigenvalue weighted by molar-refractivity contribution is 5.93. The molecular formula is C15H26N4O3. The Hall–Kier alpha value is -1.63. The first-order valence-electron chi connectivity index (χ1n) is 8.16. The number of hydrogen-bond acceptors (Lipinski definition) is 4. The second-order valence-electron chi connectivity index (χ2n) is 6.16. The van der Waals surface area contributed by atoms with Crippen LogP contribution in [-0.2, 0) is 9.59 Å². The molecule has 2 aliphatic heterocycles. The summed E-state index contributed by atoms with van der Waals surface area (Å²) >= 11 is 0. The van der Waals surface area contributed by atoms with Crippen molar-refractivity contribution in [1.29, 1.82) is 0 Å². The molecule has 0 aromatic rings. The van der Waals surface area contributed by atoms with Gasteiger partial charge in [-0.15, -0.1) is 0 Å². The maximum Gasteiger partial charge on any atom is 0.318 e. The van der Waals surface area contributed by atoms with Crippen LogP contribution in [0.25, 0.3) is 0 Å². The van der Waals surface area contributed by atoms with Crippen LogP contribution >= 0.6 is 0 Å². The van der Waals surface area contributed by atoms with Gasteiger partial charge in [0.25, 0.3) is 0 Å². The zero-order valence-corrected chi connectivity index (χ0v) is 13.1. The number of rotatable bonds is 4. The predicted octanol–water partition coefficient (Wildman–Crippen LogP) is 0.296. The van der Waals surface area contributed by atoms with Crippen LogP contribution in [-0.4, -0.2) is 60.4 Å². The Morgan fingerprint density at radius 1 is 1.00 bits per heavy atom. The van der Waals surface area contributed by atoms with Gasteiger partial charge < -0.3 is 15.5 Å². The summed E-state index contributed by atoms with van der Waals surface area (Å²) in [6, 6.07) is -0.809. The summed E-state index contributed by atoms with van der Waals surface area (Å²) < 4.78 is 0. The van der Waals surface area contributed by atoms with Gasteiger partial charge in [-0.1, -0.05) is 0 Å². The summed E-state index contributed by atoms with van der Waals surface area (Å²) in [4.78, 5) is 38.6. The Balaban J connectivity index is 1.67. The van der Waals surface area contributed by atoms with Crippen LogP contribution in [0.1, 0.15) is 38.5 Å². The largest absolute Gasteiger partial charge is 0.351 e. The van der Waals surface area contributed by atoms with E-state index in [4.69, 9.17) is 5.73 Å². The third-order valence-corrected chi connectivity index (χ3v) is 4.52. The highest BCUT2D eigenvalue weighted by Gasteiger charge is 2.29. The van der Waals surface area contributed by atoms with Crippen LogP contribution in [0, 0.1) is 5.92 Å². The van der Waals surface area contributed by atoms with Crippen molar-refractivity contribution in [1.82, 2.24) is 15.1 Å². The van der Waals surface area contributed by atoms with E-state index in [0.29, 0.717) is 12.5 Å². The van der Waals surface area contributed by atoms with E-state index in [2.05, 4.69) is 10.2 Å². The maximum absolute atomic E-state index is 12.4. The standard InChI is InChI=1S/C15H26N4O3/c16-15(22)17-13(20)6-11-18-9-4-12(5-10-18)14(21)19-7-2-1-3-8-19/h12H,1-11H2,(H3,16,17,20,22). The zero-order valence-electron chi connectivity index (χ0n) is 13.1. The monoisotopic (exact) mass is 310 g/mol. The molecule has 22 heavy (non-hydrogen) atoms. The Morgan fingerprint density at radius 2 is 1.64 bits per heavy atom. The number of nitrogens with two attached hydrogens (primary N) is 1. The van der Waals surface area contributed by atoms with Crippen molar-refractivity contribution in [3.05, 3.63) is 0 Å².